The van der Waals surface area contributed by atoms with Gasteiger partial charge < -0.3 is 15.4 Å². The first kappa shape index (κ1) is 23.8. The third-order valence-corrected chi connectivity index (χ3v) is 5.86. The van der Waals surface area contributed by atoms with Gasteiger partial charge in [0.1, 0.15) is 10.7 Å². The molecule has 1 heterocycles. The molecule has 0 aromatic heterocycles. The van der Waals surface area contributed by atoms with E-state index in [4.69, 9.17) is 10.5 Å². The molecule has 1 aromatic carbocycles. The number of carbonyl (C=O) groups excluding carboxylic acids is 1. The van der Waals surface area contributed by atoms with E-state index in [0.717, 1.165) is 12.5 Å². The number of nitrogens with zero attached hydrogens (tertiary/aromatic N) is 1. The molecule has 3 N–H and O–H groups in total. The van der Waals surface area contributed by atoms with Crippen LogP contribution < -0.4 is 10.5 Å². The van der Waals surface area contributed by atoms with Crippen molar-refractivity contribution in [3.8, 4) is 0 Å². The fourth-order valence-electron chi connectivity index (χ4n) is 2.86. The van der Waals surface area contributed by atoms with E-state index < -0.39 is 26.8 Å². The van der Waals surface area contributed by atoms with Gasteiger partial charge in [-0.3, -0.25) is 4.79 Å². The van der Waals surface area contributed by atoms with E-state index in [2.05, 4.69) is 4.72 Å². The molecule has 0 bridgehead atoms. The van der Waals surface area contributed by atoms with Gasteiger partial charge in [0.2, 0.25) is 15.9 Å². The molecule has 0 radical (unpaired) electrons. The van der Waals surface area contributed by atoms with E-state index in [1.165, 1.54) is 25.1 Å². The molecule has 1 aliphatic rings. The van der Waals surface area contributed by atoms with Gasteiger partial charge in [0.25, 0.3) is 0 Å². The summed E-state index contributed by atoms with van der Waals surface area (Å²) >= 11 is 0. The molecule has 10 heteroatoms. The monoisotopic (exact) mass is 423 g/mol. The lowest BCUT2D eigenvalue weighted by Gasteiger charge is -2.33. The molecule has 2 rings (SSSR count). The molecule has 0 spiro atoms. The number of halogens is 2. The second-order valence-electron chi connectivity index (χ2n) is 6.31. The highest BCUT2D eigenvalue weighted by Gasteiger charge is 2.30. The van der Waals surface area contributed by atoms with Gasteiger partial charge in [-0.25, -0.2) is 12.8 Å². The second-order valence-corrected chi connectivity index (χ2v) is 7.99. The molecule has 1 fully saturated rings. The molecule has 7 nitrogen and oxygen atoms in total. The molecule has 154 valence electrons. The van der Waals surface area contributed by atoms with Crippen LogP contribution in [0.15, 0.2) is 29.2 Å². The lowest BCUT2D eigenvalue weighted by Crippen LogP contribution is -2.50. The molecule has 1 aromatic rings. The summed E-state index contributed by atoms with van der Waals surface area (Å²) in [6, 6.07) is 4.09. The molecular weight excluding hydrogens is 397 g/mol. The number of hydrogen-bond donors (Lipinski definition) is 2. The van der Waals surface area contributed by atoms with Crippen LogP contribution in [0.3, 0.4) is 0 Å². The van der Waals surface area contributed by atoms with Crippen molar-refractivity contribution in [1.82, 2.24) is 9.62 Å². The largest absolute Gasteiger partial charge is 0.378 e. The molecule has 0 aliphatic carbocycles. The summed E-state index contributed by atoms with van der Waals surface area (Å²) in [6.07, 6.45) is 2.29. The highest BCUT2D eigenvalue weighted by molar-refractivity contribution is 7.89. The number of ether oxygens (including phenoxy) is 1. The summed E-state index contributed by atoms with van der Waals surface area (Å²) in [5.41, 5.74) is 5.43. The van der Waals surface area contributed by atoms with Gasteiger partial charge in [0.15, 0.2) is 0 Å². The zero-order chi connectivity index (χ0) is 19.2. The maximum atomic E-state index is 13.7. The van der Waals surface area contributed by atoms with Crippen molar-refractivity contribution in [2.24, 2.45) is 5.73 Å². The molecule has 27 heavy (non-hydrogen) atoms. The first-order valence-corrected chi connectivity index (χ1v) is 10.2. The van der Waals surface area contributed by atoms with Gasteiger partial charge in [0, 0.05) is 19.7 Å². The minimum Gasteiger partial charge on any atom is -0.378 e. The Balaban J connectivity index is 0.00000364. The normalized spacial score (nSPS) is 16.6. The van der Waals surface area contributed by atoms with E-state index in [9.17, 15) is 17.6 Å². The molecule has 1 aliphatic heterocycles. The third-order valence-electron chi connectivity index (χ3n) is 4.28. The Bertz CT molecular complexity index is 712. The summed E-state index contributed by atoms with van der Waals surface area (Å²) in [5, 5.41) is 0. The first-order valence-electron chi connectivity index (χ1n) is 8.72. The SMILES string of the molecule is CC(NS(=O)(=O)c1ccccc1F)C(=O)N1CCC(OCCCN)CC1.Cl. The molecule has 1 saturated heterocycles. The maximum Gasteiger partial charge on any atom is 0.244 e. The number of benzene rings is 1. The van der Waals surface area contributed by atoms with Gasteiger partial charge in [-0.2, -0.15) is 4.72 Å². The van der Waals surface area contributed by atoms with Gasteiger partial charge in [0.05, 0.1) is 12.1 Å². The van der Waals surface area contributed by atoms with Crippen LogP contribution in [0, 0.1) is 5.82 Å². The van der Waals surface area contributed by atoms with Crippen molar-refractivity contribution in [2.45, 2.75) is 43.2 Å². The van der Waals surface area contributed by atoms with Crippen LogP contribution in [0.1, 0.15) is 26.2 Å². The van der Waals surface area contributed by atoms with E-state index in [1.807, 2.05) is 0 Å². The lowest BCUT2D eigenvalue weighted by atomic mass is 10.1. The zero-order valence-corrected chi connectivity index (χ0v) is 16.9. The Morgan fingerprint density at radius 2 is 2.00 bits per heavy atom. The van der Waals surface area contributed by atoms with Crippen molar-refractivity contribution in [1.29, 1.82) is 0 Å². The number of nitrogens with two attached hydrogens (primary N) is 1. The maximum absolute atomic E-state index is 13.7. The predicted octanol–water partition coefficient (Wildman–Crippen LogP) is 1.27. The van der Waals surface area contributed by atoms with Crippen LogP contribution in [0.4, 0.5) is 4.39 Å². The molecule has 1 atom stereocenters. The number of nitrogens with one attached hydrogen (secondary N) is 1. The molecule has 1 unspecified atom stereocenters. The summed E-state index contributed by atoms with van der Waals surface area (Å²) in [5.74, 6) is -1.18. The van der Waals surface area contributed by atoms with Gasteiger partial charge in [-0.1, -0.05) is 12.1 Å². The van der Waals surface area contributed by atoms with Gasteiger partial charge >= 0.3 is 0 Å². The fourth-order valence-corrected chi connectivity index (χ4v) is 4.14. The minimum absolute atomic E-state index is 0. The Morgan fingerprint density at radius 1 is 1.37 bits per heavy atom. The number of likely N-dealkylation sites (tertiary alicyclic amines) is 1. The van der Waals surface area contributed by atoms with Gasteiger partial charge in [-0.15, -0.1) is 12.4 Å². The number of piperidine rings is 1. The Morgan fingerprint density at radius 3 is 2.59 bits per heavy atom. The van der Waals surface area contributed by atoms with E-state index >= 15 is 0 Å². The van der Waals surface area contributed by atoms with Crippen LogP contribution in [-0.2, 0) is 19.6 Å². The quantitative estimate of drug-likeness (QED) is 0.613. The predicted molar refractivity (Wildman–Crippen MR) is 103 cm³/mol. The van der Waals surface area contributed by atoms with Crippen LogP contribution in [0.25, 0.3) is 0 Å². The minimum atomic E-state index is -4.11. The average molecular weight is 424 g/mol. The van der Waals surface area contributed by atoms with Crippen molar-refractivity contribution in [2.75, 3.05) is 26.2 Å². The van der Waals surface area contributed by atoms with Crippen LogP contribution in [0.5, 0.6) is 0 Å². The summed E-state index contributed by atoms with van der Waals surface area (Å²) in [4.78, 5) is 13.6. The summed E-state index contributed by atoms with van der Waals surface area (Å²) in [6.45, 7) is 3.64. The number of carbonyl (C=O) groups is 1. The number of sulfonamides is 1. The molecule has 1 amide bonds. The van der Waals surface area contributed by atoms with Crippen LogP contribution in [-0.4, -0.2) is 57.6 Å². The highest BCUT2D eigenvalue weighted by Crippen LogP contribution is 2.17. The Kier molecular flexibility index (Phi) is 9.61. The Labute approximate surface area is 165 Å². The standard InChI is InChI=1S/C17H26FN3O4S.ClH/c1-13(20-26(23,24)16-6-3-2-5-15(16)18)17(22)21-10-7-14(8-11-21)25-12-4-9-19;/h2-3,5-6,13-14,20H,4,7-12,19H2,1H3;1H. The van der Waals surface area contributed by atoms with Crippen molar-refractivity contribution in [3.05, 3.63) is 30.1 Å². The average Bonchev–Trinajstić information content (AvgIpc) is 2.61. The summed E-state index contributed by atoms with van der Waals surface area (Å²) in [7, 11) is -4.11. The summed E-state index contributed by atoms with van der Waals surface area (Å²) < 4.78 is 46.3. The third kappa shape index (κ3) is 6.69. The zero-order valence-electron chi connectivity index (χ0n) is 15.3. The van der Waals surface area contributed by atoms with E-state index in [-0.39, 0.29) is 24.4 Å². The van der Waals surface area contributed by atoms with Crippen molar-refractivity contribution in [3.63, 3.8) is 0 Å². The van der Waals surface area contributed by atoms with Crippen LogP contribution in [0.2, 0.25) is 0 Å². The second kappa shape index (κ2) is 10.9. The smallest absolute Gasteiger partial charge is 0.244 e. The lowest BCUT2D eigenvalue weighted by molar-refractivity contribution is -0.135. The fraction of sp³-hybridized carbons (Fsp3) is 0.588. The number of hydrogen-bond acceptors (Lipinski definition) is 5. The molecular formula is C17H27ClFN3O4S. The first-order chi connectivity index (χ1) is 12.3. The van der Waals surface area contributed by atoms with Crippen LogP contribution >= 0.6 is 12.4 Å². The van der Waals surface area contributed by atoms with Crippen molar-refractivity contribution >= 4 is 28.3 Å². The number of rotatable bonds is 8. The van der Waals surface area contributed by atoms with E-state index in [1.54, 1.807) is 4.90 Å². The number of amides is 1. The van der Waals surface area contributed by atoms with Crippen molar-refractivity contribution < 1.29 is 22.3 Å². The highest BCUT2D eigenvalue weighted by atomic mass is 35.5. The van der Waals surface area contributed by atoms with E-state index in [0.29, 0.717) is 39.1 Å². The van der Waals surface area contributed by atoms with Gasteiger partial charge in [-0.05, 0) is 44.9 Å². The molecule has 0 saturated carbocycles. The Hall–Kier alpha value is -1.26. The topological polar surface area (TPSA) is 102 Å².